The molecule has 0 spiro atoms. The van der Waals surface area contributed by atoms with E-state index in [1.165, 1.54) is 15.2 Å². The van der Waals surface area contributed by atoms with Crippen LogP contribution in [0.25, 0.3) is 11.2 Å². The summed E-state index contributed by atoms with van der Waals surface area (Å²) in [5, 5.41) is 2.69. The molecule has 4 rings (SSSR count). The van der Waals surface area contributed by atoms with Crippen molar-refractivity contribution in [2.24, 2.45) is 0 Å². The van der Waals surface area contributed by atoms with Crippen LogP contribution in [0.15, 0.2) is 76.4 Å². The van der Waals surface area contributed by atoms with Gasteiger partial charge in [0.05, 0.1) is 12.1 Å². The lowest BCUT2D eigenvalue weighted by Gasteiger charge is -2.13. The van der Waals surface area contributed by atoms with Crippen LogP contribution >= 0.6 is 0 Å². The van der Waals surface area contributed by atoms with Crippen LogP contribution < -0.4 is 16.4 Å². The number of carbonyl (C=O) groups excluding carboxylic acids is 1. The topological polar surface area (TPSA) is 86.0 Å². The Bertz CT molecular complexity index is 1410. The van der Waals surface area contributed by atoms with Gasteiger partial charge in [-0.2, -0.15) is 0 Å². The molecule has 2 aromatic carbocycles. The van der Waals surface area contributed by atoms with E-state index in [4.69, 9.17) is 0 Å². The van der Waals surface area contributed by atoms with Gasteiger partial charge in [0.1, 0.15) is 5.82 Å². The third kappa shape index (κ3) is 4.07. The summed E-state index contributed by atoms with van der Waals surface area (Å²) in [6.07, 6.45) is 1.58. The minimum absolute atomic E-state index is 0.0787. The molecule has 0 fully saturated rings. The van der Waals surface area contributed by atoms with Crippen LogP contribution in [0.1, 0.15) is 28.4 Å². The summed E-state index contributed by atoms with van der Waals surface area (Å²) < 4.78 is 16.5. The number of aryl methyl sites for hydroxylation is 1. The molecule has 1 N–H and O–H groups in total. The second-order valence-electron chi connectivity index (χ2n) is 7.26. The van der Waals surface area contributed by atoms with Gasteiger partial charge in [0, 0.05) is 30.4 Å². The molecule has 162 valence electrons. The number of amides is 1. The molecule has 2 aromatic heterocycles. The van der Waals surface area contributed by atoms with E-state index in [0.29, 0.717) is 28.8 Å². The fourth-order valence-corrected chi connectivity index (χ4v) is 3.56. The number of nitrogens with one attached hydrogen (secondary N) is 1. The zero-order valence-corrected chi connectivity index (χ0v) is 17.4. The number of pyridine rings is 1. The lowest BCUT2D eigenvalue weighted by molar-refractivity contribution is 0.0950. The molecule has 32 heavy (non-hydrogen) atoms. The molecule has 2 heterocycles. The minimum Gasteiger partial charge on any atom is -0.348 e. The van der Waals surface area contributed by atoms with Crippen LogP contribution in [0.2, 0.25) is 0 Å². The number of hydrogen-bond donors (Lipinski definition) is 1. The summed E-state index contributed by atoms with van der Waals surface area (Å²) in [7, 11) is 0. The molecule has 4 aromatic rings. The van der Waals surface area contributed by atoms with Crippen LogP contribution in [0.4, 0.5) is 4.39 Å². The van der Waals surface area contributed by atoms with Gasteiger partial charge in [0.2, 0.25) is 0 Å². The summed E-state index contributed by atoms with van der Waals surface area (Å²) >= 11 is 0. The summed E-state index contributed by atoms with van der Waals surface area (Å²) in [6.45, 7) is 2.38. The maximum Gasteiger partial charge on any atom is 0.318 e. The second kappa shape index (κ2) is 8.97. The Hall–Kier alpha value is -4.07. The third-order valence-electron chi connectivity index (χ3n) is 5.26. The molecule has 1 amide bonds. The monoisotopic (exact) mass is 432 g/mol. The van der Waals surface area contributed by atoms with Gasteiger partial charge in [0.25, 0.3) is 5.91 Å². The van der Waals surface area contributed by atoms with Gasteiger partial charge in [0.15, 0.2) is 5.65 Å². The fraction of sp³-hybridized carbons (Fsp3) is 0.167. The highest BCUT2D eigenvalue weighted by Crippen LogP contribution is 2.12. The highest BCUT2D eigenvalue weighted by molar-refractivity contribution is 5.94. The molecule has 0 bridgehead atoms. The van der Waals surface area contributed by atoms with Crippen LogP contribution in [-0.4, -0.2) is 20.0 Å². The average Bonchev–Trinajstić information content (AvgIpc) is 2.82. The van der Waals surface area contributed by atoms with Crippen molar-refractivity contribution in [3.05, 3.63) is 110 Å². The first kappa shape index (κ1) is 21.2. The summed E-state index contributed by atoms with van der Waals surface area (Å²) in [6, 6.07) is 16.4. The van der Waals surface area contributed by atoms with E-state index in [1.807, 2.05) is 0 Å². The van der Waals surface area contributed by atoms with Crippen molar-refractivity contribution >= 4 is 17.1 Å². The predicted molar refractivity (Wildman–Crippen MR) is 119 cm³/mol. The number of aromatic nitrogens is 3. The average molecular weight is 432 g/mol. The van der Waals surface area contributed by atoms with Gasteiger partial charge in [-0.3, -0.25) is 23.5 Å². The number of carbonyl (C=O) groups is 1. The van der Waals surface area contributed by atoms with Crippen molar-refractivity contribution in [2.75, 3.05) is 0 Å². The van der Waals surface area contributed by atoms with Crippen molar-refractivity contribution < 1.29 is 9.18 Å². The zero-order chi connectivity index (χ0) is 22.7. The van der Waals surface area contributed by atoms with E-state index in [-0.39, 0.29) is 24.8 Å². The smallest absolute Gasteiger partial charge is 0.318 e. The van der Waals surface area contributed by atoms with Gasteiger partial charge < -0.3 is 5.32 Å². The molecule has 8 heteroatoms. The van der Waals surface area contributed by atoms with Gasteiger partial charge in [-0.25, -0.2) is 9.37 Å². The quantitative estimate of drug-likeness (QED) is 0.475. The van der Waals surface area contributed by atoms with Crippen LogP contribution in [0.3, 0.4) is 0 Å². The van der Waals surface area contributed by atoms with Crippen LogP contribution in [0.5, 0.6) is 0 Å². The maximum absolute atomic E-state index is 13.7. The van der Waals surface area contributed by atoms with E-state index >= 15 is 0 Å². The van der Waals surface area contributed by atoms with Crippen LogP contribution in [0, 0.1) is 5.82 Å². The molecule has 0 atom stereocenters. The number of fused-ring (bicyclic) bond motifs is 1. The summed E-state index contributed by atoms with van der Waals surface area (Å²) in [5.74, 6) is -0.711. The Morgan fingerprint density at radius 1 is 0.969 bits per heavy atom. The molecule has 0 radical (unpaired) electrons. The number of hydrogen-bond acceptors (Lipinski definition) is 4. The lowest BCUT2D eigenvalue weighted by atomic mass is 10.1. The molecule has 0 aliphatic carbocycles. The largest absolute Gasteiger partial charge is 0.348 e. The number of nitrogens with zero attached hydrogens (tertiary/aromatic N) is 3. The number of rotatable bonds is 6. The minimum atomic E-state index is -0.626. The third-order valence-corrected chi connectivity index (χ3v) is 5.26. The molecule has 7 nitrogen and oxygen atoms in total. The molecule has 0 unspecified atom stereocenters. The zero-order valence-electron chi connectivity index (χ0n) is 17.4. The number of benzene rings is 2. The second-order valence-corrected chi connectivity index (χ2v) is 7.26. The van der Waals surface area contributed by atoms with Crippen molar-refractivity contribution in [1.82, 2.24) is 19.4 Å². The molecular formula is C24H21FN4O3. The van der Waals surface area contributed by atoms with E-state index in [9.17, 15) is 18.8 Å². The van der Waals surface area contributed by atoms with E-state index in [1.54, 1.807) is 67.7 Å². The highest BCUT2D eigenvalue weighted by atomic mass is 19.1. The lowest BCUT2D eigenvalue weighted by Crippen LogP contribution is -2.41. The first-order chi connectivity index (χ1) is 15.5. The molecule has 0 aliphatic heterocycles. The van der Waals surface area contributed by atoms with E-state index in [0.717, 1.165) is 5.56 Å². The Balaban J connectivity index is 1.56. The Kier molecular flexibility index (Phi) is 5.93. The highest BCUT2D eigenvalue weighted by Gasteiger charge is 2.14. The Morgan fingerprint density at radius 3 is 2.41 bits per heavy atom. The molecular weight excluding hydrogens is 411 g/mol. The van der Waals surface area contributed by atoms with E-state index < -0.39 is 11.1 Å². The first-order valence-corrected chi connectivity index (χ1v) is 10.2. The fourth-order valence-electron chi connectivity index (χ4n) is 3.56. The normalized spacial score (nSPS) is 10.9. The van der Waals surface area contributed by atoms with Crippen LogP contribution in [-0.2, 0) is 19.6 Å². The first-order valence-electron chi connectivity index (χ1n) is 10.2. The maximum atomic E-state index is 13.7. The van der Waals surface area contributed by atoms with Crippen molar-refractivity contribution in [1.29, 1.82) is 0 Å². The number of halogens is 1. The summed E-state index contributed by atoms with van der Waals surface area (Å²) in [5.41, 5.74) is 1.32. The standard InChI is InChI=1S/C24H21FN4O3/c1-2-28-21-20(8-5-13-26-21)29(24(32)23(28)31)15-16-9-11-17(12-10-16)22(30)27-14-18-6-3-4-7-19(18)25/h3-13H,2,14-15H2,1H3,(H,27,30). The van der Waals surface area contributed by atoms with Gasteiger partial charge >= 0.3 is 11.1 Å². The van der Waals surface area contributed by atoms with E-state index in [2.05, 4.69) is 10.3 Å². The van der Waals surface area contributed by atoms with Crippen molar-refractivity contribution in [3.63, 3.8) is 0 Å². The van der Waals surface area contributed by atoms with Gasteiger partial charge in [-0.15, -0.1) is 0 Å². The SMILES string of the molecule is CCn1c(=O)c(=O)n(Cc2ccc(C(=O)NCc3ccccc3F)cc2)c2cccnc21. The van der Waals surface area contributed by atoms with Crippen molar-refractivity contribution in [2.45, 2.75) is 26.6 Å². The molecule has 0 saturated carbocycles. The Morgan fingerprint density at radius 2 is 1.69 bits per heavy atom. The van der Waals surface area contributed by atoms with Gasteiger partial charge in [-0.05, 0) is 42.8 Å². The predicted octanol–water partition coefficient (Wildman–Crippen LogP) is 2.70. The van der Waals surface area contributed by atoms with Gasteiger partial charge in [-0.1, -0.05) is 30.3 Å². The Labute approximate surface area is 182 Å². The molecule has 0 saturated heterocycles. The molecule has 0 aliphatic rings. The van der Waals surface area contributed by atoms with Crippen molar-refractivity contribution in [3.8, 4) is 0 Å². The summed E-state index contributed by atoms with van der Waals surface area (Å²) in [4.78, 5) is 41.9.